The second-order valence-corrected chi connectivity index (χ2v) is 8.88. The van der Waals surface area contributed by atoms with Gasteiger partial charge < -0.3 is 8.85 Å². The van der Waals surface area contributed by atoms with Crippen molar-refractivity contribution in [3.63, 3.8) is 0 Å². The molecule has 0 saturated heterocycles. The Hall–Kier alpha value is -1.42. The Morgan fingerprint density at radius 1 is 0.696 bits per heavy atom. The standard InChI is InChI=1S/C20H28O2Si/c1-5-17(3)21-23(22-18(4)6-2,19-13-9-7-10-14-19)20-15-11-8-12-16-20/h7-18H,5-6H2,1-4H3. The van der Waals surface area contributed by atoms with Crippen molar-refractivity contribution in [2.24, 2.45) is 0 Å². The van der Waals surface area contributed by atoms with E-state index in [0.29, 0.717) is 0 Å². The molecule has 23 heavy (non-hydrogen) atoms. The predicted octanol–water partition coefficient (Wildman–Crippen LogP) is 3.87. The molecule has 2 aromatic carbocycles. The molecule has 0 N–H and O–H groups in total. The number of benzene rings is 2. The van der Waals surface area contributed by atoms with Gasteiger partial charge >= 0.3 is 8.56 Å². The highest BCUT2D eigenvalue weighted by Gasteiger charge is 2.44. The van der Waals surface area contributed by atoms with E-state index >= 15 is 0 Å². The molecule has 0 radical (unpaired) electrons. The molecule has 0 spiro atoms. The van der Waals surface area contributed by atoms with E-state index in [1.807, 2.05) is 12.1 Å². The van der Waals surface area contributed by atoms with Gasteiger partial charge in [0.05, 0.1) is 0 Å². The molecule has 0 saturated carbocycles. The Balaban J connectivity index is 2.57. The quantitative estimate of drug-likeness (QED) is 0.685. The summed E-state index contributed by atoms with van der Waals surface area (Å²) >= 11 is 0. The normalized spacial score (nSPS) is 14.4. The summed E-state index contributed by atoms with van der Waals surface area (Å²) in [5, 5.41) is 2.35. The lowest BCUT2D eigenvalue weighted by Gasteiger charge is -2.36. The highest BCUT2D eigenvalue weighted by atomic mass is 28.4. The van der Waals surface area contributed by atoms with Crippen molar-refractivity contribution >= 4 is 18.9 Å². The fourth-order valence-electron chi connectivity index (χ4n) is 2.52. The number of rotatable bonds is 8. The second-order valence-electron chi connectivity index (χ2n) is 6.02. The third-order valence-corrected chi connectivity index (χ3v) is 7.85. The van der Waals surface area contributed by atoms with E-state index in [2.05, 4.69) is 76.2 Å². The van der Waals surface area contributed by atoms with Crippen LogP contribution in [0.5, 0.6) is 0 Å². The minimum atomic E-state index is -2.72. The Bertz CT molecular complexity index is 517. The van der Waals surface area contributed by atoms with Crippen LogP contribution in [0.2, 0.25) is 0 Å². The molecule has 0 aliphatic heterocycles. The van der Waals surface area contributed by atoms with Crippen molar-refractivity contribution in [1.29, 1.82) is 0 Å². The molecule has 0 aliphatic carbocycles. The Morgan fingerprint density at radius 3 is 1.35 bits per heavy atom. The van der Waals surface area contributed by atoms with Gasteiger partial charge in [0.15, 0.2) is 0 Å². The molecule has 0 amide bonds. The Labute approximate surface area is 141 Å². The number of hydrogen-bond donors (Lipinski definition) is 0. The van der Waals surface area contributed by atoms with Gasteiger partial charge in [0, 0.05) is 12.2 Å². The van der Waals surface area contributed by atoms with Crippen molar-refractivity contribution in [2.75, 3.05) is 0 Å². The highest BCUT2D eigenvalue weighted by molar-refractivity contribution is 6.92. The molecule has 0 bridgehead atoms. The molecule has 124 valence electrons. The van der Waals surface area contributed by atoms with Crippen LogP contribution in [0.15, 0.2) is 60.7 Å². The summed E-state index contributed by atoms with van der Waals surface area (Å²) in [6.45, 7) is 8.58. The molecule has 3 heteroatoms. The first-order valence-electron chi connectivity index (χ1n) is 8.59. The highest BCUT2D eigenvalue weighted by Crippen LogP contribution is 2.17. The molecular formula is C20H28O2Si. The summed E-state index contributed by atoms with van der Waals surface area (Å²) in [4.78, 5) is 0. The summed E-state index contributed by atoms with van der Waals surface area (Å²) in [6.07, 6.45) is 2.26. The molecule has 0 aromatic heterocycles. The van der Waals surface area contributed by atoms with Gasteiger partial charge in [-0.15, -0.1) is 0 Å². The van der Waals surface area contributed by atoms with Crippen LogP contribution in [0, 0.1) is 0 Å². The SMILES string of the molecule is CCC(C)O[Si](OC(C)CC)(c1ccccc1)c1ccccc1. The Kier molecular flexibility index (Phi) is 6.57. The van der Waals surface area contributed by atoms with Gasteiger partial charge in [0.25, 0.3) is 0 Å². The van der Waals surface area contributed by atoms with E-state index in [-0.39, 0.29) is 12.2 Å². The largest absolute Gasteiger partial charge is 0.407 e. The summed E-state index contributed by atoms with van der Waals surface area (Å²) in [5.74, 6) is 0. The zero-order valence-corrected chi connectivity index (χ0v) is 15.7. The molecule has 0 heterocycles. The van der Waals surface area contributed by atoms with Gasteiger partial charge in [-0.25, -0.2) is 0 Å². The summed E-state index contributed by atoms with van der Waals surface area (Å²) in [7, 11) is -2.72. The van der Waals surface area contributed by atoms with Crippen LogP contribution in [0.25, 0.3) is 0 Å². The summed E-state index contributed by atoms with van der Waals surface area (Å²) < 4.78 is 13.3. The van der Waals surface area contributed by atoms with Gasteiger partial charge in [-0.05, 0) is 37.1 Å². The van der Waals surface area contributed by atoms with Crippen LogP contribution in [-0.2, 0) is 8.85 Å². The first kappa shape index (κ1) is 17.9. The summed E-state index contributed by atoms with van der Waals surface area (Å²) in [6, 6.07) is 20.9. The van der Waals surface area contributed by atoms with Crippen LogP contribution in [0.1, 0.15) is 40.5 Å². The van der Waals surface area contributed by atoms with Crippen molar-refractivity contribution in [2.45, 2.75) is 52.7 Å². The van der Waals surface area contributed by atoms with E-state index in [4.69, 9.17) is 8.85 Å². The van der Waals surface area contributed by atoms with Gasteiger partial charge in [-0.3, -0.25) is 0 Å². The van der Waals surface area contributed by atoms with E-state index in [1.165, 1.54) is 10.4 Å². The topological polar surface area (TPSA) is 18.5 Å². The smallest absolute Gasteiger partial charge is 0.385 e. The van der Waals surface area contributed by atoms with Crippen LogP contribution in [0.4, 0.5) is 0 Å². The molecule has 2 rings (SSSR count). The van der Waals surface area contributed by atoms with Crippen molar-refractivity contribution in [3.05, 3.63) is 60.7 Å². The maximum Gasteiger partial charge on any atom is 0.407 e. The fourth-order valence-corrected chi connectivity index (χ4v) is 6.18. The Morgan fingerprint density at radius 2 is 1.04 bits per heavy atom. The maximum atomic E-state index is 6.65. The molecule has 2 unspecified atom stereocenters. The van der Waals surface area contributed by atoms with Crippen molar-refractivity contribution in [1.82, 2.24) is 0 Å². The maximum absolute atomic E-state index is 6.65. The first-order valence-corrected chi connectivity index (χ1v) is 10.4. The third-order valence-electron chi connectivity index (χ3n) is 4.19. The minimum Gasteiger partial charge on any atom is -0.385 e. The molecule has 2 aromatic rings. The second kappa shape index (κ2) is 8.43. The van der Waals surface area contributed by atoms with Crippen LogP contribution in [-0.4, -0.2) is 20.8 Å². The molecular weight excluding hydrogens is 300 g/mol. The first-order chi connectivity index (χ1) is 11.1. The lowest BCUT2D eigenvalue weighted by molar-refractivity contribution is 0.106. The van der Waals surface area contributed by atoms with Crippen LogP contribution in [0.3, 0.4) is 0 Å². The zero-order valence-electron chi connectivity index (χ0n) is 14.7. The molecule has 0 fully saturated rings. The third kappa shape index (κ3) is 4.31. The van der Waals surface area contributed by atoms with Gasteiger partial charge in [-0.2, -0.15) is 0 Å². The summed E-state index contributed by atoms with van der Waals surface area (Å²) in [5.41, 5.74) is 0. The van der Waals surface area contributed by atoms with E-state index < -0.39 is 8.56 Å². The van der Waals surface area contributed by atoms with Gasteiger partial charge in [-0.1, -0.05) is 74.5 Å². The van der Waals surface area contributed by atoms with Gasteiger partial charge in [0.1, 0.15) is 0 Å². The zero-order chi connectivity index (χ0) is 16.7. The molecule has 0 aliphatic rings. The lowest BCUT2D eigenvalue weighted by Crippen LogP contribution is -2.65. The minimum absolute atomic E-state index is 0.158. The molecule has 2 nitrogen and oxygen atoms in total. The fraction of sp³-hybridized carbons (Fsp3) is 0.400. The van der Waals surface area contributed by atoms with Crippen molar-refractivity contribution in [3.8, 4) is 0 Å². The number of hydrogen-bond acceptors (Lipinski definition) is 2. The predicted molar refractivity (Wildman–Crippen MR) is 99.6 cm³/mol. The monoisotopic (exact) mass is 328 g/mol. The van der Waals surface area contributed by atoms with Crippen LogP contribution >= 0.6 is 0 Å². The van der Waals surface area contributed by atoms with Crippen molar-refractivity contribution < 1.29 is 8.85 Å². The molecule has 2 atom stereocenters. The van der Waals surface area contributed by atoms with E-state index in [9.17, 15) is 0 Å². The lowest BCUT2D eigenvalue weighted by atomic mass is 10.3. The van der Waals surface area contributed by atoms with E-state index in [1.54, 1.807) is 0 Å². The average Bonchev–Trinajstić information content (AvgIpc) is 2.62. The van der Waals surface area contributed by atoms with E-state index in [0.717, 1.165) is 12.8 Å². The van der Waals surface area contributed by atoms with Gasteiger partial charge in [0.2, 0.25) is 0 Å². The van der Waals surface area contributed by atoms with Crippen LogP contribution < -0.4 is 10.4 Å². The average molecular weight is 329 g/mol.